The van der Waals surface area contributed by atoms with Gasteiger partial charge in [0.2, 0.25) is 5.91 Å². The van der Waals surface area contributed by atoms with Crippen molar-refractivity contribution in [1.82, 2.24) is 5.32 Å². The first kappa shape index (κ1) is 11.9. The van der Waals surface area contributed by atoms with Crippen molar-refractivity contribution in [3.63, 3.8) is 0 Å². The van der Waals surface area contributed by atoms with Gasteiger partial charge in [0.1, 0.15) is 6.10 Å². The van der Waals surface area contributed by atoms with Crippen LogP contribution in [0.3, 0.4) is 0 Å². The SMILES string of the molecule is CC(C)(NC(=O)C1CCC(CN)O1)C1CC1. The van der Waals surface area contributed by atoms with Crippen molar-refractivity contribution in [1.29, 1.82) is 0 Å². The first-order chi connectivity index (χ1) is 7.53. The molecule has 2 aliphatic rings. The molecule has 2 unspecified atom stereocenters. The van der Waals surface area contributed by atoms with Crippen LogP contribution in [-0.2, 0) is 9.53 Å². The summed E-state index contributed by atoms with van der Waals surface area (Å²) in [4.78, 5) is 12.0. The summed E-state index contributed by atoms with van der Waals surface area (Å²) in [6, 6.07) is 0. The van der Waals surface area contributed by atoms with Gasteiger partial charge in [-0.25, -0.2) is 0 Å². The molecule has 92 valence electrons. The third-order valence-electron chi connectivity index (χ3n) is 3.71. The average molecular weight is 226 g/mol. The Morgan fingerprint density at radius 2 is 2.06 bits per heavy atom. The van der Waals surface area contributed by atoms with Gasteiger partial charge in [0.05, 0.1) is 6.10 Å². The quantitative estimate of drug-likeness (QED) is 0.745. The monoisotopic (exact) mass is 226 g/mol. The molecule has 4 nitrogen and oxygen atoms in total. The van der Waals surface area contributed by atoms with Crippen molar-refractivity contribution in [2.75, 3.05) is 6.54 Å². The van der Waals surface area contributed by atoms with Crippen LogP contribution in [0.2, 0.25) is 0 Å². The van der Waals surface area contributed by atoms with Gasteiger partial charge in [0.25, 0.3) is 0 Å². The highest BCUT2D eigenvalue weighted by atomic mass is 16.5. The van der Waals surface area contributed by atoms with E-state index in [1.165, 1.54) is 12.8 Å². The third-order valence-corrected chi connectivity index (χ3v) is 3.71. The molecule has 16 heavy (non-hydrogen) atoms. The Kier molecular flexibility index (Phi) is 3.22. The summed E-state index contributed by atoms with van der Waals surface area (Å²) in [7, 11) is 0. The van der Waals surface area contributed by atoms with Crippen LogP contribution in [0, 0.1) is 5.92 Å². The topological polar surface area (TPSA) is 64.4 Å². The molecule has 1 saturated heterocycles. The van der Waals surface area contributed by atoms with Crippen LogP contribution in [0.25, 0.3) is 0 Å². The first-order valence-electron chi connectivity index (χ1n) is 6.20. The van der Waals surface area contributed by atoms with Crippen molar-refractivity contribution in [2.24, 2.45) is 11.7 Å². The van der Waals surface area contributed by atoms with Gasteiger partial charge in [-0.3, -0.25) is 4.79 Å². The molecule has 0 aromatic heterocycles. The van der Waals surface area contributed by atoms with Crippen LogP contribution in [0.1, 0.15) is 39.5 Å². The van der Waals surface area contributed by atoms with E-state index in [2.05, 4.69) is 19.2 Å². The fourth-order valence-electron chi connectivity index (χ4n) is 2.38. The Morgan fingerprint density at radius 3 is 2.56 bits per heavy atom. The van der Waals surface area contributed by atoms with Crippen molar-refractivity contribution >= 4 is 5.91 Å². The summed E-state index contributed by atoms with van der Waals surface area (Å²) in [5.74, 6) is 0.677. The smallest absolute Gasteiger partial charge is 0.249 e. The van der Waals surface area contributed by atoms with Crippen molar-refractivity contribution in [3.8, 4) is 0 Å². The zero-order valence-corrected chi connectivity index (χ0v) is 10.2. The maximum atomic E-state index is 12.0. The van der Waals surface area contributed by atoms with Gasteiger partial charge in [0.15, 0.2) is 0 Å². The largest absolute Gasteiger partial charge is 0.364 e. The Bertz CT molecular complexity index is 274. The number of amides is 1. The molecule has 0 radical (unpaired) electrons. The number of ether oxygens (including phenoxy) is 1. The van der Waals surface area contributed by atoms with E-state index in [1.54, 1.807) is 0 Å². The molecule has 0 spiro atoms. The summed E-state index contributed by atoms with van der Waals surface area (Å²) in [6.45, 7) is 4.70. The molecular formula is C12H22N2O2. The van der Waals surface area contributed by atoms with E-state index in [-0.39, 0.29) is 23.7 Å². The lowest BCUT2D eigenvalue weighted by Gasteiger charge is -2.27. The molecule has 0 aromatic rings. The van der Waals surface area contributed by atoms with Gasteiger partial charge in [-0.2, -0.15) is 0 Å². The number of nitrogens with one attached hydrogen (secondary N) is 1. The number of hydrogen-bond donors (Lipinski definition) is 2. The van der Waals surface area contributed by atoms with Crippen LogP contribution in [-0.4, -0.2) is 30.2 Å². The maximum absolute atomic E-state index is 12.0. The number of carbonyl (C=O) groups is 1. The zero-order valence-electron chi connectivity index (χ0n) is 10.2. The summed E-state index contributed by atoms with van der Waals surface area (Å²) in [5, 5.41) is 3.10. The minimum Gasteiger partial charge on any atom is -0.364 e. The molecule has 1 amide bonds. The minimum atomic E-state index is -0.286. The molecule has 1 heterocycles. The fourth-order valence-corrected chi connectivity index (χ4v) is 2.38. The molecule has 2 atom stereocenters. The zero-order chi connectivity index (χ0) is 11.8. The molecule has 1 aliphatic heterocycles. The number of rotatable bonds is 4. The number of hydrogen-bond acceptors (Lipinski definition) is 3. The van der Waals surface area contributed by atoms with Gasteiger partial charge in [-0.1, -0.05) is 0 Å². The van der Waals surface area contributed by atoms with Gasteiger partial charge in [0, 0.05) is 12.1 Å². The molecule has 1 saturated carbocycles. The van der Waals surface area contributed by atoms with E-state index in [0.29, 0.717) is 12.5 Å². The van der Waals surface area contributed by atoms with Crippen LogP contribution in [0.15, 0.2) is 0 Å². The first-order valence-corrected chi connectivity index (χ1v) is 6.20. The Hall–Kier alpha value is -0.610. The maximum Gasteiger partial charge on any atom is 0.249 e. The second-order valence-corrected chi connectivity index (χ2v) is 5.54. The van der Waals surface area contributed by atoms with Gasteiger partial charge in [-0.05, 0) is 45.4 Å². The number of carbonyl (C=O) groups excluding carboxylic acids is 1. The highest BCUT2D eigenvalue weighted by molar-refractivity contribution is 5.81. The van der Waals surface area contributed by atoms with E-state index in [0.717, 1.165) is 12.8 Å². The lowest BCUT2D eigenvalue weighted by atomic mass is 9.98. The fraction of sp³-hybridized carbons (Fsp3) is 0.917. The van der Waals surface area contributed by atoms with Crippen LogP contribution in [0.4, 0.5) is 0 Å². The summed E-state index contributed by atoms with van der Waals surface area (Å²) in [5.41, 5.74) is 5.44. The van der Waals surface area contributed by atoms with Crippen LogP contribution in [0.5, 0.6) is 0 Å². The Morgan fingerprint density at radius 1 is 1.38 bits per heavy atom. The highest BCUT2D eigenvalue weighted by Gasteiger charge is 2.40. The summed E-state index contributed by atoms with van der Waals surface area (Å²) in [6.07, 6.45) is 3.94. The summed E-state index contributed by atoms with van der Waals surface area (Å²) < 4.78 is 5.58. The van der Waals surface area contributed by atoms with Crippen molar-refractivity contribution in [3.05, 3.63) is 0 Å². The molecular weight excluding hydrogens is 204 g/mol. The predicted octanol–water partition coefficient (Wildman–Crippen LogP) is 0.797. The summed E-state index contributed by atoms with van der Waals surface area (Å²) >= 11 is 0. The van der Waals surface area contributed by atoms with Gasteiger partial charge >= 0.3 is 0 Å². The van der Waals surface area contributed by atoms with Crippen molar-refractivity contribution < 1.29 is 9.53 Å². The Labute approximate surface area is 96.9 Å². The van der Waals surface area contributed by atoms with E-state index >= 15 is 0 Å². The van der Waals surface area contributed by atoms with E-state index in [9.17, 15) is 4.79 Å². The highest BCUT2D eigenvalue weighted by Crippen LogP contribution is 2.39. The standard InChI is InChI=1S/C12H22N2O2/c1-12(2,8-3-4-8)14-11(15)10-6-5-9(7-13)16-10/h8-10H,3-7,13H2,1-2H3,(H,14,15). The Balaban J connectivity index is 1.84. The molecule has 4 heteroatoms. The minimum absolute atomic E-state index is 0.0350. The van der Waals surface area contributed by atoms with E-state index in [1.807, 2.05) is 0 Å². The second-order valence-electron chi connectivity index (χ2n) is 5.54. The second kappa shape index (κ2) is 4.34. The molecule has 2 rings (SSSR count). The molecule has 1 aliphatic carbocycles. The van der Waals surface area contributed by atoms with Gasteiger partial charge in [-0.15, -0.1) is 0 Å². The average Bonchev–Trinajstić information content (AvgIpc) is 2.97. The molecule has 3 N–H and O–H groups in total. The van der Waals surface area contributed by atoms with Gasteiger partial charge < -0.3 is 15.8 Å². The third kappa shape index (κ3) is 2.55. The van der Waals surface area contributed by atoms with Crippen molar-refractivity contribution in [2.45, 2.75) is 57.3 Å². The normalized spacial score (nSPS) is 30.4. The lowest BCUT2D eigenvalue weighted by Crippen LogP contribution is -2.49. The molecule has 0 bridgehead atoms. The lowest BCUT2D eigenvalue weighted by molar-refractivity contribution is -0.133. The predicted molar refractivity (Wildman–Crippen MR) is 61.9 cm³/mol. The molecule has 0 aromatic carbocycles. The van der Waals surface area contributed by atoms with E-state index < -0.39 is 0 Å². The van der Waals surface area contributed by atoms with E-state index in [4.69, 9.17) is 10.5 Å². The molecule has 2 fully saturated rings. The number of nitrogens with two attached hydrogens (primary N) is 1. The van der Waals surface area contributed by atoms with Crippen LogP contribution >= 0.6 is 0 Å². The van der Waals surface area contributed by atoms with Crippen LogP contribution < -0.4 is 11.1 Å².